The molecule has 1 atom stereocenters. The van der Waals surface area contributed by atoms with Gasteiger partial charge in [-0.2, -0.15) is 0 Å². The van der Waals surface area contributed by atoms with Crippen LogP contribution in [0.5, 0.6) is 0 Å². The van der Waals surface area contributed by atoms with E-state index in [4.69, 9.17) is 4.74 Å². The summed E-state index contributed by atoms with van der Waals surface area (Å²) in [5.41, 5.74) is 1.98. The molecular formula is C15H23FN2O2. The predicted molar refractivity (Wildman–Crippen MR) is 77.4 cm³/mol. The zero-order valence-corrected chi connectivity index (χ0v) is 11.9. The number of ether oxygens (including phenoxy) is 1. The topological polar surface area (TPSA) is 44.7 Å². The molecule has 1 unspecified atom stereocenters. The SMILES string of the molecule is CCCNCc1cc(F)ccc1N1CCOC(CO)C1. The smallest absolute Gasteiger partial charge is 0.123 e. The summed E-state index contributed by atoms with van der Waals surface area (Å²) in [5, 5.41) is 12.5. The van der Waals surface area contributed by atoms with E-state index in [9.17, 15) is 9.50 Å². The molecule has 1 aromatic carbocycles. The third-order valence-corrected chi connectivity index (χ3v) is 3.47. The maximum atomic E-state index is 13.5. The first kappa shape index (κ1) is 15.2. The van der Waals surface area contributed by atoms with Gasteiger partial charge in [-0.15, -0.1) is 0 Å². The van der Waals surface area contributed by atoms with Crippen molar-refractivity contribution >= 4 is 5.69 Å². The average molecular weight is 282 g/mol. The Morgan fingerprint density at radius 2 is 2.35 bits per heavy atom. The van der Waals surface area contributed by atoms with Crippen LogP contribution in [0.15, 0.2) is 18.2 Å². The summed E-state index contributed by atoms with van der Waals surface area (Å²) in [5.74, 6) is -0.214. The fourth-order valence-electron chi connectivity index (χ4n) is 2.45. The number of nitrogens with zero attached hydrogens (tertiary/aromatic N) is 1. The van der Waals surface area contributed by atoms with Crippen LogP contribution in [-0.4, -0.2) is 44.1 Å². The van der Waals surface area contributed by atoms with E-state index in [0.29, 0.717) is 19.7 Å². The number of anilines is 1. The second kappa shape index (κ2) is 7.57. The zero-order valence-electron chi connectivity index (χ0n) is 11.9. The summed E-state index contributed by atoms with van der Waals surface area (Å²) in [6.07, 6.45) is 0.889. The zero-order chi connectivity index (χ0) is 14.4. The number of benzene rings is 1. The van der Waals surface area contributed by atoms with E-state index >= 15 is 0 Å². The number of rotatable bonds is 6. The largest absolute Gasteiger partial charge is 0.394 e. The van der Waals surface area contributed by atoms with Crippen molar-refractivity contribution in [2.45, 2.75) is 26.0 Å². The van der Waals surface area contributed by atoms with E-state index in [-0.39, 0.29) is 18.5 Å². The first-order valence-corrected chi connectivity index (χ1v) is 7.21. The maximum absolute atomic E-state index is 13.5. The molecule has 0 spiro atoms. The van der Waals surface area contributed by atoms with Crippen LogP contribution in [0.4, 0.5) is 10.1 Å². The molecule has 112 valence electrons. The Morgan fingerprint density at radius 1 is 1.50 bits per heavy atom. The summed E-state index contributed by atoms with van der Waals surface area (Å²) in [6.45, 7) is 5.69. The van der Waals surface area contributed by atoms with Crippen LogP contribution in [0.25, 0.3) is 0 Å². The Morgan fingerprint density at radius 3 is 3.10 bits per heavy atom. The Labute approximate surface area is 119 Å². The van der Waals surface area contributed by atoms with Crippen molar-refractivity contribution in [1.82, 2.24) is 5.32 Å². The van der Waals surface area contributed by atoms with Gasteiger partial charge in [0, 0.05) is 25.3 Å². The number of aliphatic hydroxyl groups excluding tert-OH is 1. The van der Waals surface area contributed by atoms with E-state index in [0.717, 1.165) is 30.8 Å². The number of aliphatic hydroxyl groups is 1. The van der Waals surface area contributed by atoms with Crippen LogP contribution in [0.3, 0.4) is 0 Å². The standard InChI is InChI=1S/C15H23FN2O2/c1-2-5-17-9-12-8-13(16)3-4-15(12)18-6-7-20-14(10-18)11-19/h3-4,8,14,17,19H,2,5-7,9-11H2,1H3. The van der Waals surface area contributed by atoms with Gasteiger partial charge in [-0.25, -0.2) is 4.39 Å². The van der Waals surface area contributed by atoms with Crippen LogP contribution in [0.1, 0.15) is 18.9 Å². The van der Waals surface area contributed by atoms with Gasteiger partial charge in [0.1, 0.15) is 5.82 Å². The third kappa shape index (κ3) is 3.91. The van der Waals surface area contributed by atoms with Crippen LogP contribution < -0.4 is 10.2 Å². The molecule has 5 heteroatoms. The molecule has 1 fully saturated rings. The highest BCUT2D eigenvalue weighted by atomic mass is 19.1. The minimum atomic E-state index is -0.214. The quantitative estimate of drug-likeness (QED) is 0.777. The van der Waals surface area contributed by atoms with Crippen molar-refractivity contribution in [1.29, 1.82) is 0 Å². The molecule has 2 N–H and O–H groups in total. The molecule has 2 rings (SSSR count). The molecule has 0 radical (unpaired) electrons. The molecule has 1 saturated heterocycles. The summed E-state index contributed by atoms with van der Waals surface area (Å²) in [6, 6.07) is 4.89. The van der Waals surface area contributed by atoms with E-state index in [1.807, 2.05) is 6.07 Å². The fourth-order valence-corrected chi connectivity index (χ4v) is 2.45. The Kier molecular flexibility index (Phi) is 5.76. The fraction of sp³-hybridized carbons (Fsp3) is 0.600. The van der Waals surface area contributed by atoms with Gasteiger partial charge in [-0.3, -0.25) is 0 Å². The Bertz CT molecular complexity index is 428. The van der Waals surface area contributed by atoms with Crippen LogP contribution in [-0.2, 0) is 11.3 Å². The lowest BCUT2D eigenvalue weighted by atomic mass is 10.1. The number of morpholine rings is 1. The highest BCUT2D eigenvalue weighted by Gasteiger charge is 2.21. The minimum Gasteiger partial charge on any atom is -0.394 e. The van der Waals surface area contributed by atoms with Crippen LogP contribution >= 0.6 is 0 Å². The van der Waals surface area contributed by atoms with Gasteiger partial charge in [-0.1, -0.05) is 6.92 Å². The number of hydrogen-bond donors (Lipinski definition) is 2. The first-order chi connectivity index (χ1) is 9.74. The molecule has 1 aromatic rings. The Balaban J connectivity index is 2.12. The number of halogens is 1. The number of hydrogen-bond acceptors (Lipinski definition) is 4. The molecule has 0 saturated carbocycles. The molecule has 0 aromatic heterocycles. The molecule has 0 aliphatic carbocycles. The second-order valence-corrected chi connectivity index (χ2v) is 5.07. The summed E-state index contributed by atoms with van der Waals surface area (Å²) in [7, 11) is 0. The van der Waals surface area contributed by atoms with Crippen molar-refractivity contribution in [2.24, 2.45) is 0 Å². The van der Waals surface area contributed by atoms with Crippen LogP contribution in [0, 0.1) is 5.82 Å². The molecule has 0 amide bonds. The normalized spacial score (nSPS) is 19.4. The van der Waals surface area contributed by atoms with E-state index < -0.39 is 0 Å². The van der Waals surface area contributed by atoms with Gasteiger partial charge in [-0.05, 0) is 36.7 Å². The Hall–Kier alpha value is -1.17. The summed E-state index contributed by atoms with van der Waals surface area (Å²) in [4.78, 5) is 2.16. The second-order valence-electron chi connectivity index (χ2n) is 5.07. The lowest BCUT2D eigenvalue weighted by molar-refractivity contribution is 0.00352. The van der Waals surface area contributed by atoms with Crippen molar-refractivity contribution in [3.8, 4) is 0 Å². The van der Waals surface area contributed by atoms with E-state index in [2.05, 4.69) is 17.1 Å². The van der Waals surface area contributed by atoms with Gasteiger partial charge in [0.25, 0.3) is 0 Å². The van der Waals surface area contributed by atoms with Gasteiger partial charge in [0.2, 0.25) is 0 Å². The van der Waals surface area contributed by atoms with Crippen molar-refractivity contribution in [3.05, 3.63) is 29.6 Å². The van der Waals surface area contributed by atoms with Gasteiger partial charge in [0.05, 0.1) is 19.3 Å². The van der Waals surface area contributed by atoms with Crippen molar-refractivity contribution in [3.63, 3.8) is 0 Å². The van der Waals surface area contributed by atoms with Gasteiger partial charge >= 0.3 is 0 Å². The van der Waals surface area contributed by atoms with Crippen LogP contribution in [0.2, 0.25) is 0 Å². The van der Waals surface area contributed by atoms with E-state index in [1.54, 1.807) is 6.07 Å². The predicted octanol–water partition coefficient (Wildman–Crippen LogP) is 1.52. The number of nitrogens with one attached hydrogen (secondary N) is 1. The highest BCUT2D eigenvalue weighted by molar-refractivity contribution is 5.54. The van der Waals surface area contributed by atoms with Gasteiger partial charge < -0.3 is 20.1 Å². The monoisotopic (exact) mass is 282 g/mol. The van der Waals surface area contributed by atoms with Crippen molar-refractivity contribution in [2.75, 3.05) is 37.7 Å². The average Bonchev–Trinajstić information content (AvgIpc) is 2.48. The third-order valence-electron chi connectivity index (χ3n) is 3.47. The lowest BCUT2D eigenvalue weighted by Gasteiger charge is -2.35. The molecule has 0 bridgehead atoms. The molecule has 1 aliphatic rings. The molecule has 20 heavy (non-hydrogen) atoms. The minimum absolute atomic E-state index is 0.0150. The highest BCUT2D eigenvalue weighted by Crippen LogP contribution is 2.24. The first-order valence-electron chi connectivity index (χ1n) is 7.21. The molecular weight excluding hydrogens is 259 g/mol. The molecule has 4 nitrogen and oxygen atoms in total. The van der Waals surface area contributed by atoms with E-state index in [1.165, 1.54) is 6.07 Å². The summed E-state index contributed by atoms with van der Waals surface area (Å²) < 4.78 is 18.9. The molecule has 1 aliphatic heterocycles. The maximum Gasteiger partial charge on any atom is 0.123 e. The lowest BCUT2D eigenvalue weighted by Crippen LogP contribution is -2.44. The molecule has 1 heterocycles. The van der Waals surface area contributed by atoms with Crippen molar-refractivity contribution < 1.29 is 14.2 Å². The van der Waals surface area contributed by atoms with Gasteiger partial charge in [0.15, 0.2) is 0 Å². The summed E-state index contributed by atoms with van der Waals surface area (Å²) >= 11 is 0.